The number of nitrogens with one attached hydrogen (secondary N) is 2. The van der Waals surface area contributed by atoms with Crippen LogP contribution >= 0.6 is 23.2 Å². The van der Waals surface area contributed by atoms with E-state index in [2.05, 4.69) is 10.6 Å². The summed E-state index contributed by atoms with van der Waals surface area (Å²) in [6, 6.07) is 6.20. The third-order valence-electron chi connectivity index (χ3n) is 2.74. The zero-order chi connectivity index (χ0) is 15.6. The minimum atomic E-state index is -0.957. The zero-order valence-electron chi connectivity index (χ0n) is 10.8. The van der Waals surface area contributed by atoms with E-state index in [4.69, 9.17) is 23.2 Å². The van der Waals surface area contributed by atoms with Gasteiger partial charge >= 0.3 is 0 Å². The van der Waals surface area contributed by atoms with Crippen molar-refractivity contribution in [3.63, 3.8) is 0 Å². The lowest BCUT2D eigenvalue weighted by Crippen LogP contribution is -2.15. The first-order valence-corrected chi connectivity index (χ1v) is 6.61. The highest BCUT2D eigenvalue weighted by Gasteiger charge is 2.16. The van der Waals surface area contributed by atoms with Crippen molar-refractivity contribution in [2.45, 2.75) is 0 Å². The van der Waals surface area contributed by atoms with E-state index in [0.29, 0.717) is 16.8 Å². The van der Waals surface area contributed by atoms with E-state index in [0.717, 1.165) is 6.07 Å². The van der Waals surface area contributed by atoms with E-state index in [1.807, 2.05) is 0 Å². The molecule has 0 bridgehead atoms. The summed E-state index contributed by atoms with van der Waals surface area (Å²) in [5.41, 5.74) is 0.436. The predicted octanol–water partition coefficient (Wildman–Crippen LogP) is 4.57. The van der Waals surface area contributed by atoms with E-state index in [1.165, 1.54) is 6.07 Å². The lowest BCUT2D eigenvalue weighted by atomic mass is 10.1. The monoisotopic (exact) mass is 330 g/mol. The summed E-state index contributed by atoms with van der Waals surface area (Å²) in [4.78, 5) is 12.2. The minimum Gasteiger partial charge on any atom is -0.387 e. The van der Waals surface area contributed by atoms with Gasteiger partial charge in [-0.25, -0.2) is 8.78 Å². The maximum absolute atomic E-state index is 13.7. The Bertz CT molecular complexity index is 684. The van der Waals surface area contributed by atoms with Gasteiger partial charge in [0.25, 0.3) is 5.91 Å². The number of rotatable bonds is 3. The van der Waals surface area contributed by atoms with Gasteiger partial charge in [0.1, 0.15) is 5.82 Å². The standard InChI is InChI=1S/C14H10Cl2F2N2O/c1-19-12-3-2-7(15)4-9(12)14(21)20-13-10(16)5-8(17)6-11(13)18/h2-6,19H,1H3,(H,20,21). The molecule has 0 aromatic heterocycles. The van der Waals surface area contributed by atoms with E-state index in [1.54, 1.807) is 19.2 Å². The molecule has 0 radical (unpaired) electrons. The summed E-state index contributed by atoms with van der Waals surface area (Å²) in [6.45, 7) is 0. The molecule has 2 N–H and O–H groups in total. The van der Waals surface area contributed by atoms with Crippen molar-refractivity contribution in [3.8, 4) is 0 Å². The third kappa shape index (κ3) is 3.43. The summed E-state index contributed by atoms with van der Waals surface area (Å²) < 4.78 is 26.6. The van der Waals surface area contributed by atoms with E-state index in [-0.39, 0.29) is 16.3 Å². The Labute approximate surface area is 129 Å². The van der Waals surface area contributed by atoms with Crippen LogP contribution in [0.1, 0.15) is 10.4 Å². The smallest absolute Gasteiger partial charge is 0.257 e. The first kappa shape index (κ1) is 15.5. The number of amides is 1. The summed E-state index contributed by atoms with van der Waals surface area (Å²) >= 11 is 11.6. The van der Waals surface area contributed by atoms with Crippen molar-refractivity contribution in [1.29, 1.82) is 0 Å². The highest BCUT2D eigenvalue weighted by molar-refractivity contribution is 6.34. The summed E-state index contributed by atoms with van der Waals surface area (Å²) in [7, 11) is 1.63. The van der Waals surface area contributed by atoms with E-state index in [9.17, 15) is 13.6 Å². The van der Waals surface area contributed by atoms with E-state index >= 15 is 0 Å². The fourth-order valence-corrected chi connectivity index (χ4v) is 2.18. The average Bonchev–Trinajstić information content (AvgIpc) is 2.42. The Hall–Kier alpha value is -1.85. The van der Waals surface area contributed by atoms with Crippen LogP contribution in [0.2, 0.25) is 10.0 Å². The van der Waals surface area contributed by atoms with Gasteiger partial charge in [0, 0.05) is 23.8 Å². The predicted molar refractivity (Wildman–Crippen MR) is 80.3 cm³/mol. The molecule has 0 aliphatic heterocycles. The van der Waals surface area contributed by atoms with E-state index < -0.39 is 17.5 Å². The lowest BCUT2D eigenvalue weighted by molar-refractivity contribution is 0.102. The molecule has 0 unspecified atom stereocenters. The molecular weight excluding hydrogens is 321 g/mol. The SMILES string of the molecule is CNc1ccc(Cl)cc1C(=O)Nc1c(F)cc(F)cc1Cl. The van der Waals surface area contributed by atoms with Gasteiger partial charge in [-0.1, -0.05) is 23.2 Å². The minimum absolute atomic E-state index is 0.213. The first-order valence-electron chi connectivity index (χ1n) is 5.85. The Morgan fingerprint density at radius 2 is 1.86 bits per heavy atom. The molecule has 0 saturated heterocycles. The molecule has 0 atom stereocenters. The molecule has 1 amide bonds. The highest BCUT2D eigenvalue weighted by atomic mass is 35.5. The largest absolute Gasteiger partial charge is 0.387 e. The number of anilines is 2. The van der Waals surface area contributed by atoms with Crippen molar-refractivity contribution in [1.82, 2.24) is 0 Å². The van der Waals surface area contributed by atoms with Gasteiger partial charge in [-0.05, 0) is 24.3 Å². The van der Waals surface area contributed by atoms with Crippen LogP contribution in [0.15, 0.2) is 30.3 Å². The molecule has 2 aromatic rings. The second kappa shape index (κ2) is 6.28. The van der Waals surface area contributed by atoms with Crippen LogP contribution in [0.25, 0.3) is 0 Å². The van der Waals surface area contributed by atoms with Gasteiger partial charge in [-0.3, -0.25) is 4.79 Å². The Morgan fingerprint density at radius 3 is 2.48 bits per heavy atom. The maximum atomic E-state index is 13.7. The van der Waals surface area contributed by atoms with Crippen LogP contribution in [-0.4, -0.2) is 13.0 Å². The molecule has 0 aliphatic carbocycles. The van der Waals surface area contributed by atoms with Crippen LogP contribution < -0.4 is 10.6 Å². The fraction of sp³-hybridized carbons (Fsp3) is 0.0714. The Balaban J connectivity index is 2.37. The number of carbonyl (C=O) groups is 1. The van der Waals surface area contributed by atoms with Gasteiger partial charge in [-0.2, -0.15) is 0 Å². The molecule has 0 fully saturated rings. The molecule has 0 saturated carbocycles. The van der Waals surface area contributed by atoms with Crippen LogP contribution in [0.5, 0.6) is 0 Å². The van der Waals surface area contributed by atoms with Crippen molar-refractivity contribution in [2.24, 2.45) is 0 Å². The highest BCUT2D eigenvalue weighted by Crippen LogP contribution is 2.28. The maximum Gasteiger partial charge on any atom is 0.257 e. The molecule has 0 spiro atoms. The Morgan fingerprint density at radius 1 is 1.14 bits per heavy atom. The molecule has 0 heterocycles. The molecule has 7 heteroatoms. The summed E-state index contributed by atoms with van der Waals surface area (Å²) in [5.74, 6) is -2.40. The van der Waals surface area contributed by atoms with Crippen molar-refractivity contribution in [3.05, 3.63) is 57.6 Å². The van der Waals surface area contributed by atoms with Gasteiger partial charge in [0.15, 0.2) is 5.82 Å². The lowest BCUT2D eigenvalue weighted by Gasteiger charge is -2.12. The molecular formula is C14H10Cl2F2N2O. The third-order valence-corrected chi connectivity index (χ3v) is 3.27. The number of halogens is 4. The first-order chi connectivity index (χ1) is 9.92. The number of hydrogen-bond acceptors (Lipinski definition) is 2. The molecule has 21 heavy (non-hydrogen) atoms. The quantitative estimate of drug-likeness (QED) is 0.865. The normalized spacial score (nSPS) is 10.3. The molecule has 110 valence electrons. The summed E-state index contributed by atoms with van der Waals surface area (Å²) in [6.07, 6.45) is 0. The fourth-order valence-electron chi connectivity index (χ4n) is 1.76. The summed E-state index contributed by atoms with van der Waals surface area (Å²) in [5, 5.41) is 5.26. The van der Waals surface area contributed by atoms with Gasteiger partial charge in [0.05, 0.1) is 16.3 Å². The van der Waals surface area contributed by atoms with Crippen LogP contribution in [0.3, 0.4) is 0 Å². The average molecular weight is 331 g/mol. The van der Waals surface area contributed by atoms with Gasteiger partial charge < -0.3 is 10.6 Å². The molecule has 2 rings (SSSR count). The second-order valence-electron chi connectivity index (χ2n) is 4.14. The van der Waals surface area contributed by atoms with Gasteiger partial charge in [-0.15, -0.1) is 0 Å². The van der Waals surface area contributed by atoms with Crippen molar-refractivity contribution >= 4 is 40.5 Å². The second-order valence-corrected chi connectivity index (χ2v) is 4.98. The van der Waals surface area contributed by atoms with Crippen LogP contribution in [0.4, 0.5) is 20.2 Å². The van der Waals surface area contributed by atoms with Crippen molar-refractivity contribution in [2.75, 3.05) is 17.7 Å². The van der Waals surface area contributed by atoms with Crippen LogP contribution in [-0.2, 0) is 0 Å². The molecule has 2 aromatic carbocycles. The Kier molecular flexibility index (Phi) is 4.65. The van der Waals surface area contributed by atoms with Crippen LogP contribution in [0, 0.1) is 11.6 Å². The number of hydrogen-bond donors (Lipinski definition) is 2. The zero-order valence-corrected chi connectivity index (χ0v) is 12.3. The number of carbonyl (C=O) groups excluding carboxylic acids is 1. The number of benzene rings is 2. The van der Waals surface area contributed by atoms with Crippen molar-refractivity contribution < 1.29 is 13.6 Å². The van der Waals surface area contributed by atoms with Gasteiger partial charge in [0.2, 0.25) is 0 Å². The topological polar surface area (TPSA) is 41.1 Å². The molecule has 3 nitrogen and oxygen atoms in total. The molecule has 0 aliphatic rings.